The number of thiophene rings is 1. The topological polar surface area (TPSA) is 118 Å². The third kappa shape index (κ3) is 4.03. The lowest BCUT2D eigenvalue weighted by Gasteiger charge is -2.09. The number of non-ortho nitro benzene ring substituents is 1. The molecule has 1 aliphatic rings. The van der Waals surface area contributed by atoms with Crippen LogP contribution in [0.2, 0.25) is 0 Å². The van der Waals surface area contributed by atoms with Gasteiger partial charge in [-0.3, -0.25) is 19.7 Å². The molecular weight excluding hydrogens is 412 g/mol. The number of amides is 1. The Balaban J connectivity index is 1.46. The predicted octanol–water partition coefficient (Wildman–Crippen LogP) is 3.81. The third-order valence-electron chi connectivity index (χ3n) is 4.84. The van der Waals surface area contributed by atoms with Crippen LogP contribution in [0.5, 0.6) is 0 Å². The van der Waals surface area contributed by atoms with Crippen LogP contribution in [0.25, 0.3) is 10.2 Å². The van der Waals surface area contributed by atoms with E-state index in [4.69, 9.17) is 0 Å². The predicted molar refractivity (Wildman–Crippen MR) is 114 cm³/mol. The van der Waals surface area contributed by atoms with E-state index in [1.54, 1.807) is 18.3 Å². The number of hydrogen-bond acceptors (Lipinski definition) is 7. The number of anilines is 1. The van der Waals surface area contributed by atoms with E-state index in [1.807, 2.05) is 0 Å². The van der Waals surface area contributed by atoms with Gasteiger partial charge < -0.3 is 10.3 Å². The number of aryl methyl sites for hydroxylation is 3. The lowest BCUT2D eigenvalue weighted by atomic mass is 9.97. The molecule has 0 fully saturated rings. The lowest BCUT2D eigenvalue weighted by molar-refractivity contribution is -0.384. The van der Waals surface area contributed by atoms with Crippen LogP contribution in [0.1, 0.15) is 28.8 Å². The van der Waals surface area contributed by atoms with Gasteiger partial charge in [-0.05, 0) is 49.8 Å². The van der Waals surface area contributed by atoms with Gasteiger partial charge in [-0.15, -0.1) is 11.3 Å². The summed E-state index contributed by atoms with van der Waals surface area (Å²) in [5.74, 6) is -0.212. The quantitative estimate of drug-likeness (QED) is 0.275. The first-order valence-electron chi connectivity index (χ1n) is 9.14. The maximum atomic E-state index is 12.5. The highest BCUT2D eigenvalue weighted by Crippen LogP contribution is 2.34. The molecule has 0 radical (unpaired) electrons. The zero-order valence-corrected chi connectivity index (χ0v) is 17.2. The molecule has 150 valence electrons. The summed E-state index contributed by atoms with van der Waals surface area (Å²) in [6.07, 6.45) is 4.15. The van der Waals surface area contributed by atoms with Crippen LogP contribution < -0.4 is 10.9 Å². The fourth-order valence-corrected chi connectivity index (χ4v) is 5.41. The summed E-state index contributed by atoms with van der Waals surface area (Å²) in [5.41, 5.74) is 2.08. The van der Waals surface area contributed by atoms with Crippen LogP contribution >= 0.6 is 23.1 Å². The first-order valence-corrected chi connectivity index (χ1v) is 10.9. The monoisotopic (exact) mass is 430 g/mol. The molecule has 2 N–H and O–H groups in total. The van der Waals surface area contributed by atoms with Crippen molar-refractivity contribution in [3.05, 3.63) is 54.7 Å². The lowest BCUT2D eigenvalue weighted by Crippen LogP contribution is -2.16. The molecule has 0 bridgehead atoms. The Morgan fingerprint density at radius 1 is 1.38 bits per heavy atom. The first-order chi connectivity index (χ1) is 13.9. The normalized spacial score (nSPS) is 13.3. The Morgan fingerprint density at radius 3 is 2.93 bits per heavy atom. The molecule has 0 saturated carbocycles. The smallest absolute Gasteiger partial charge is 0.269 e. The van der Waals surface area contributed by atoms with Crippen molar-refractivity contribution >= 4 is 50.6 Å². The van der Waals surface area contributed by atoms with Crippen molar-refractivity contribution in [2.75, 3.05) is 11.1 Å². The number of nitrogens with one attached hydrogen (secondary N) is 2. The van der Waals surface area contributed by atoms with Crippen LogP contribution in [0.3, 0.4) is 0 Å². The maximum Gasteiger partial charge on any atom is 0.269 e. The van der Waals surface area contributed by atoms with Gasteiger partial charge in [-0.2, -0.15) is 0 Å². The minimum absolute atomic E-state index is 0.0244. The summed E-state index contributed by atoms with van der Waals surface area (Å²) in [6, 6.07) is 4.27. The summed E-state index contributed by atoms with van der Waals surface area (Å²) in [5, 5.41) is 14.7. The third-order valence-corrected chi connectivity index (χ3v) is 6.90. The number of aromatic amines is 1. The van der Waals surface area contributed by atoms with Crippen LogP contribution in [-0.4, -0.2) is 26.6 Å². The van der Waals surface area contributed by atoms with Crippen molar-refractivity contribution in [1.29, 1.82) is 0 Å². The first kappa shape index (κ1) is 19.6. The Bertz CT molecular complexity index is 1180. The fraction of sp³-hybridized carbons (Fsp3) is 0.316. The second-order valence-electron chi connectivity index (χ2n) is 6.86. The van der Waals surface area contributed by atoms with Crippen molar-refractivity contribution in [2.45, 2.75) is 37.8 Å². The number of carbonyl (C=O) groups excluding carboxylic acids is 1. The van der Waals surface area contributed by atoms with Crippen molar-refractivity contribution < 1.29 is 9.72 Å². The molecule has 2 heterocycles. The minimum atomic E-state index is -0.477. The van der Waals surface area contributed by atoms with Gasteiger partial charge in [-0.1, -0.05) is 11.8 Å². The van der Waals surface area contributed by atoms with Crippen LogP contribution in [0.4, 0.5) is 11.4 Å². The standard InChI is InChI=1S/C19H18N4O4S2/c1-10-8-11(23(26)27)6-7-13(10)20-15(24)9-28-19-21-17(25)16-12-4-2-3-5-14(12)29-18(16)22-19/h6-8H,2-5,9H2,1H3,(H,20,24)(H,21,22,25). The maximum absolute atomic E-state index is 12.5. The van der Waals surface area contributed by atoms with Crippen molar-refractivity contribution in [3.8, 4) is 0 Å². The Hall–Kier alpha value is -2.72. The van der Waals surface area contributed by atoms with Crippen LogP contribution in [0, 0.1) is 17.0 Å². The van der Waals surface area contributed by atoms with E-state index in [0.29, 0.717) is 21.8 Å². The largest absolute Gasteiger partial charge is 0.325 e. The van der Waals surface area contributed by atoms with E-state index in [-0.39, 0.29) is 22.9 Å². The average molecular weight is 431 g/mol. The molecular formula is C19H18N4O4S2. The van der Waals surface area contributed by atoms with Gasteiger partial charge in [0.05, 0.1) is 16.1 Å². The van der Waals surface area contributed by atoms with Crippen LogP contribution in [0.15, 0.2) is 28.2 Å². The molecule has 2 aromatic heterocycles. The molecule has 0 atom stereocenters. The van der Waals surface area contributed by atoms with Gasteiger partial charge >= 0.3 is 0 Å². The number of nitro benzene ring substituents is 1. The molecule has 29 heavy (non-hydrogen) atoms. The molecule has 0 unspecified atom stereocenters. The van der Waals surface area contributed by atoms with E-state index in [1.165, 1.54) is 23.1 Å². The highest BCUT2D eigenvalue weighted by molar-refractivity contribution is 7.99. The van der Waals surface area contributed by atoms with Crippen LogP contribution in [-0.2, 0) is 17.6 Å². The zero-order valence-electron chi connectivity index (χ0n) is 15.6. The number of H-pyrrole nitrogens is 1. The Kier molecular flexibility index (Phi) is 5.37. The number of thioether (sulfide) groups is 1. The highest BCUT2D eigenvalue weighted by atomic mass is 32.2. The molecule has 3 aromatic rings. The van der Waals surface area contributed by atoms with Crippen molar-refractivity contribution in [1.82, 2.24) is 9.97 Å². The van der Waals surface area contributed by atoms with Gasteiger partial charge in [0.2, 0.25) is 5.91 Å². The molecule has 0 saturated heterocycles. The summed E-state index contributed by atoms with van der Waals surface area (Å²) in [4.78, 5) is 44.5. The summed E-state index contributed by atoms with van der Waals surface area (Å²) >= 11 is 2.73. The number of benzene rings is 1. The van der Waals surface area contributed by atoms with E-state index in [2.05, 4.69) is 15.3 Å². The van der Waals surface area contributed by atoms with Gasteiger partial charge in [0.25, 0.3) is 11.2 Å². The van der Waals surface area contributed by atoms with E-state index < -0.39 is 4.92 Å². The summed E-state index contributed by atoms with van der Waals surface area (Å²) in [6.45, 7) is 1.70. The molecule has 0 aliphatic heterocycles. The molecule has 4 rings (SSSR count). The molecule has 0 spiro atoms. The molecule has 1 aliphatic carbocycles. The zero-order chi connectivity index (χ0) is 20.5. The average Bonchev–Trinajstić information content (AvgIpc) is 3.06. The van der Waals surface area contributed by atoms with Gasteiger partial charge in [-0.25, -0.2) is 4.98 Å². The second kappa shape index (κ2) is 7.96. The summed E-state index contributed by atoms with van der Waals surface area (Å²) < 4.78 is 0. The van der Waals surface area contributed by atoms with E-state index in [0.717, 1.165) is 47.8 Å². The SMILES string of the molecule is Cc1cc([N+](=O)[O-])ccc1NC(=O)CSc1nc2sc3c(c2c(=O)[nH]1)CCCC3. The Labute approximate surface area is 173 Å². The van der Waals surface area contributed by atoms with Gasteiger partial charge in [0.15, 0.2) is 5.16 Å². The second-order valence-corrected chi connectivity index (χ2v) is 8.90. The number of aromatic nitrogens is 2. The number of hydrogen-bond donors (Lipinski definition) is 2. The van der Waals surface area contributed by atoms with E-state index >= 15 is 0 Å². The molecule has 1 aromatic carbocycles. The number of fused-ring (bicyclic) bond motifs is 3. The van der Waals surface area contributed by atoms with Gasteiger partial charge in [0.1, 0.15) is 4.83 Å². The molecule has 8 nitrogen and oxygen atoms in total. The number of nitro groups is 1. The molecule has 1 amide bonds. The van der Waals surface area contributed by atoms with Crippen molar-refractivity contribution in [2.24, 2.45) is 0 Å². The van der Waals surface area contributed by atoms with Gasteiger partial charge in [0, 0.05) is 22.7 Å². The summed E-state index contributed by atoms with van der Waals surface area (Å²) in [7, 11) is 0. The number of rotatable bonds is 5. The van der Waals surface area contributed by atoms with Crippen molar-refractivity contribution in [3.63, 3.8) is 0 Å². The van der Waals surface area contributed by atoms with E-state index in [9.17, 15) is 19.7 Å². The fourth-order valence-electron chi connectivity index (χ4n) is 3.43. The number of carbonyl (C=O) groups is 1. The number of nitrogens with zero attached hydrogens (tertiary/aromatic N) is 2. The Morgan fingerprint density at radius 2 is 2.17 bits per heavy atom. The minimum Gasteiger partial charge on any atom is -0.325 e. The highest BCUT2D eigenvalue weighted by Gasteiger charge is 2.20. The molecule has 10 heteroatoms.